The number of hydrogen-bond acceptors (Lipinski definition) is 3. The van der Waals surface area contributed by atoms with Crippen LogP contribution in [0.4, 0.5) is 11.5 Å². The number of para-hydroxylation sites is 1. The number of nitrogens with zero attached hydrogens (tertiary/aromatic N) is 1. The van der Waals surface area contributed by atoms with E-state index in [0.29, 0.717) is 11.5 Å². The summed E-state index contributed by atoms with van der Waals surface area (Å²) in [5.74, 6) is 0.325. The Morgan fingerprint density at radius 3 is 2.83 bits per heavy atom. The highest BCUT2D eigenvalue weighted by atomic mass is 16.3. The molecule has 0 fully saturated rings. The first-order valence-corrected chi connectivity index (χ1v) is 3.52. The monoisotopic (exact) mass is 161 g/mol. The molecule has 0 radical (unpaired) electrons. The molecule has 2 aromatic rings. The van der Waals surface area contributed by atoms with E-state index < -0.39 is 0 Å². The van der Waals surface area contributed by atoms with E-state index in [-0.39, 0.29) is 0 Å². The predicted molar refractivity (Wildman–Crippen MR) is 48.2 cm³/mol. The van der Waals surface area contributed by atoms with Crippen molar-refractivity contribution < 1.29 is 0 Å². The van der Waals surface area contributed by atoms with Crippen molar-refractivity contribution in [1.29, 1.82) is 0 Å². The van der Waals surface area contributed by atoms with Gasteiger partial charge in [-0.05, 0) is 11.2 Å². The van der Waals surface area contributed by atoms with Gasteiger partial charge in [-0.2, -0.15) is 0 Å². The number of H-pyrrole nitrogens is 1. The van der Waals surface area contributed by atoms with Crippen LogP contribution in [0.5, 0.6) is 0 Å². The number of fused-ring (bicyclic) bond motifs is 1. The minimum absolute atomic E-state index is 0.297. The molecule has 0 saturated carbocycles. The Morgan fingerprint density at radius 1 is 1.33 bits per heavy atom. The summed E-state index contributed by atoms with van der Waals surface area (Å²) in [5, 5.41) is 3.62. The second-order valence-corrected chi connectivity index (χ2v) is 2.52. The molecule has 0 unspecified atom stereocenters. The predicted octanol–water partition coefficient (Wildman–Crippen LogP) is 2.15. The number of nitrogen functional groups attached to an aromatic ring is 1. The minimum atomic E-state index is 0.297. The van der Waals surface area contributed by atoms with Crippen LogP contribution < -0.4 is 5.73 Å². The van der Waals surface area contributed by atoms with Crippen LogP contribution in [0.15, 0.2) is 29.4 Å². The van der Waals surface area contributed by atoms with E-state index in [0.717, 1.165) is 10.9 Å². The number of rotatable bonds is 1. The smallest absolute Gasteiger partial charge is 0.157 e. The Labute approximate surface area is 68.4 Å². The van der Waals surface area contributed by atoms with E-state index in [2.05, 4.69) is 10.2 Å². The summed E-state index contributed by atoms with van der Waals surface area (Å²) in [4.78, 5) is 13.2. The van der Waals surface area contributed by atoms with Crippen molar-refractivity contribution in [3.05, 3.63) is 29.2 Å². The molecule has 0 amide bonds. The number of aromatic amines is 1. The van der Waals surface area contributed by atoms with Gasteiger partial charge in [0.2, 0.25) is 0 Å². The fraction of sp³-hybridized carbons (Fsp3) is 0. The van der Waals surface area contributed by atoms with Gasteiger partial charge in [0.15, 0.2) is 5.69 Å². The lowest BCUT2D eigenvalue weighted by Crippen LogP contribution is -1.81. The third kappa shape index (κ3) is 0.780. The summed E-state index contributed by atoms with van der Waals surface area (Å²) in [6.45, 7) is 0. The lowest BCUT2D eigenvalue weighted by molar-refractivity contribution is 1.44. The van der Waals surface area contributed by atoms with Crippen LogP contribution in [-0.4, -0.2) is 4.98 Å². The van der Waals surface area contributed by atoms with Gasteiger partial charge in [-0.25, -0.2) is 0 Å². The van der Waals surface area contributed by atoms with Gasteiger partial charge < -0.3 is 10.7 Å². The first-order valence-electron chi connectivity index (χ1n) is 3.52. The summed E-state index contributed by atoms with van der Waals surface area (Å²) < 4.78 is 0. The minimum Gasteiger partial charge on any atom is -0.383 e. The van der Waals surface area contributed by atoms with E-state index in [1.165, 1.54) is 0 Å². The lowest BCUT2D eigenvalue weighted by Gasteiger charge is -1.85. The molecule has 1 aromatic carbocycles. The Bertz CT molecular complexity index is 433. The maximum absolute atomic E-state index is 10.4. The van der Waals surface area contributed by atoms with Crippen LogP contribution in [0.25, 0.3) is 10.9 Å². The number of nitrogens with one attached hydrogen (secondary N) is 1. The quantitative estimate of drug-likeness (QED) is 0.629. The Kier molecular flexibility index (Phi) is 1.33. The average molecular weight is 161 g/mol. The van der Waals surface area contributed by atoms with Gasteiger partial charge in [0, 0.05) is 10.9 Å². The molecule has 0 aliphatic heterocycles. The summed E-state index contributed by atoms with van der Waals surface area (Å²) in [7, 11) is 0. The fourth-order valence-electron chi connectivity index (χ4n) is 1.25. The number of aromatic nitrogens is 1. The molecule has 0 aliphatic rings. The van der Waals surface area contributed by atoms with E-state index in [9.17, 15) is 4.91 Å². The fourth-order valence-corrected chi connectivity index (χ4v) is 1.25. The molecule has 3 N–H and O–H groups in total. The third-order valence-corrected chi connectivity index (χ3v) is 1.80. The van der Waals surface area contributed by atoms with E-state index in [1.807, 2.05) is 18.2 Å². The van der Waals surface area contributed by atoms with Gasteiger partial charge in [0.05, 0.1) is 0 Å². The number of nitrogens with two attached hydrogens (primary N) is 1. The van der Waals surface area contributed by atoms with E-state index in [1.54, 1.807) is 6.07 Å². The van der Waals surface area contributed by atoms with Crippen LogP contribution in [0.2, 0.25) is 0 Å². The van der Waals surface area contributed by atoms with Crippen molar-refractivity contribution in [2.75, 3.05) is 5.73 Å². The van der Waals surface area contributed by atoms with Crippen molar-refractivity contribution in [3.8, 4) is 0 Å². The summed E-state index contributed by atoms with van der Waals surface area (Å²) in [6, 6.07) is 7.36. The van der Waals surface area contributed by atoms with Crippen molar-refractivity contribution in [1.82, 2.24) is 4.98 Å². The SMILES string of the molecule is Nc1[nH]c2ccccc2c1N=O. The normalized spacial score (nSPS) is 10.3. The summed E-state index contributed by atoms with van der Waals surface area (Å²) in [6.07, 6.45) is 0. The lowest BCUT2D eigenvalue weighted by atomic mass is 10.2. The molecule has 4 nitrogen and oxygen atoms in total. The van der Waals surface area contributed by atoms with Gasteiger partial charge in [0.1, 0.15) is 5.82 Å². The van der Waals surface area contributed by atoms with Crippen molar-refractivity contribution >= 4 is 22.4 Å². The first-order chi connectivity index (χ1) is 5.83. The maximum atomic E-state index is 10.4. The summed E-state index contributed by atoms with van der Waals surface area (Å²) >= 11 is 0. The second-order valence-electron chi connectivity index (χ2n) is 2.52. The van der Waals surface area contributed by atoms with Crippen LogP contribution >= 0.6 is 0 Å². The molecular weight excluding hydrogens is 154 g/mol. The number of anilines is 1. The second kappa shape index (κ2) is 2.34. The number of benzene rings is 1. The van der Waals surface area contributed by atoms with Crippen LogP contribution in [0.1, 0.15) is 0 Å². The van der Waals surface area contributed by atoms with Crippen molar-refractivity contribution in [3.63, 3.8) is 0 Å². The number of nitroso groups, excluding NO2 is 1. The molecule has 0 atom stereocenters. The first kappa shape index (κ1) is 6.84. The Hall–Kier alpha value is -1.84. The third-order valence-electron chi connectivity index (χ3n) is 1.80. The molecule has 2 rings (SSSR count). The average Bonchev–Trinajstić information content (AvgIpc) is 2.40. The largest absolute Gasteiger partial charge is 0.383 e. The highest BCUT2D eigenvalue weighted by molar-refractivity contribution is 5.96. The molecule has 12 heavy (non-hydrogen) atoms. The molecule has 0 saturated heterocycles. The van der Waals surface area contributed by atoms with E-state index in [4.69, 9.17) is 5.73 Å². The summed E-state index contributed by atoms with van der Waals surface area (Å²) in [5.41, 5.74) is 6.65. The molecule has 1 aromatic heterocycles. The highest BCUT2D eigenvalue weighted by Crippen LogP contribution is 2.31. The standard InChI is InChI=1S/C8H7N3O/c9-8-7(11-12)5-3-1-2-4-6(5)10-8/h1-4,10H,9H2. The van der Waals surface area contributed by atoms with Gasteiger partial charge >= 0.3 is 0 Å². The van der Waals surface area contributed by atoms with Crippen molar-refractivity contribution in [2.24, 2.45) is 5.18 Å². The molecular formula is C8H7N3O. The zero-order valence-corrected chi connectivity index (χ0v) is 6.24. The molecule has 0 bridgehead atoms. The van der Waals surface area contributed by atoms with Crippen LogP contribution in [-0.2, 0) is 0 Å². The topological polar surface area (TPSA) is 71.2 Å². The van der Waals surface area contributed by atoms with Crippen molar-refractivity contribution in [2.45, 2.75) is 0 Å². The molecule has 1 heterocycles. The highest BCUT2D eigenvalue weighted by Gasteiger charge is 2.07. The Morgan fingerprint density at radius 2 is 2.08 bits per heavy atom. The molecule has 0 aliphatic carbocycles. The maximum Gasteiger partial charge on any atom is 0.157 e. The molecule has 0 spiro atoms. The van der Waals surface area contributed by atoms with Crippen LogP contribution in [0, 0.1) is 4.91 Å². The zero-order chi connectivity index (χ0) is 8.55. The zero-order valence-electron chi connectivity index (χ0n) is 6.24. The molecule has 4 heteroatoms. The van der Waals surface area contributed by atoms with Gasteiger partial charge in [-0.1, -0.05) is 18.2 Å². The number of hydrogen-bond donors (Lipinski definition) is 2. The molecule has 60 valence electrons. The van der Waals surface area contributed by atoms with E-state index >= 15 is 0 Å². The van der Waals surface area contributed by atoms with Gasteiger partial charge in [-0.3, -0.25) is 0 Å². The van der Waals surface area contributed by atoms with Gasteiger partial charge in [0.25, 0.3) is 0 Å². The van der Waals surface area contributed by atoms with Crippen LogP contribution in [0.3, 0.4) is 0 Å². The van der Waals surface area contributed by atoms with Gasteiger partial charge in [-0.15, -0.1) is 4.91 Å². The Balaban J connectivity index is 2.90.